The fourth-order valence-corrected chi connectivity index (χ4v) is 6.06. The first-order valence-electron chi connectivity index (χ1n) is 21.8. The van der Waals surface area contributed by atoms with E-state index in [1.165, 1.54) is 128 Å². The standard InChI is InChI=1S/C46H87NO4/c1-5-7-9-11-13-15-17-19-21-23-25-27-29-31-33-35-41-50-45-46(37-38-47(39-43-48-3)40-44-49-4)51-42-36-34-32-30-28-26-24-22-20-18-16-14-12-10-8-6-2/h13-16,19-22,46H,5-12,17-18,23-45H2,1-4H3. The Morgan fingerprint density at radius 1 is 0.431 bits per heavy atom. The molecule has 0 spiro atoms. The number of hydrogen-bond acceptors (Lipinski definition) is 5. The van der Waals surface area contributed by atoms with E-state index in [0.29, 0.717) is 6.61 Å². The van der Waals surface area contributed by atoms with E-state index in [4.69, 9.17) is 18.9 Å². The molecule has 0 bridgehead atoms. The van der Waals surface area contributed by atoms with Gasteiger partial charge in [-0.05, 0) is 83.5 Å². The van der Waals surface area contributed by atoms with E-state index in [2.05, 4.69) is 67.4 Å². The Morgan fingerprint density at radius 2 is 0.843 bits per heavy atom. The first kappa shape index (κ1) is 49.8. The number of ether oxygens (including phenoxy) is 4. The molecule has 0 radical (unpaired) electrons. The monoisotopic (exact) mass is 718 g/mol. The van der Waals surface area contributed by atoms with Crippen molar-refractivity contribution >= 4 is 0 Å². The third-order valence-electron chi connectivity index (χ3n) is 9.48. The summed E-state index contributed by atoms with van der Waals surface area (Å²) in [6.07, 6.45) is 50.4. The van der Waals surface area contributed by atoms with Crippen molar-refractivity contribution in [1.29, 1.82) is 0 Å². The van der Waals surface area contributed by atoms with Gasteiger partial charge >= 0.3 is 0 Å². The molecule has 0 aromatic carbocycles. The molecule has 1 atom stereocenters. The summed E-state index contributed by atoms with van der Waals surface area (Å²) < 4.78 is 23.3. The first-order chi connectivity index (χ1) is 25.3. The molecule has 0 fully saturated rings. The maximum atomic E-state index is 6.42. The summed E-state index contributed by atoms with van der Waals surface area (Å²) in [6.45, 7) is 11.2. The third-order valence-corrected chi connectivity index (χ3v) is 9.48. The van der Waals surface area contributed by atoms with Crippen molar-refractivity contribution in [3.8, 4) is 0 Å². The Hall–Kier alpha value is -1.24. The molecule has 0 rings (SSSR count). The molecule has 0 aromatic heterocycles. The van der Waals surface area contributed by atoms with Crippen LogP contribution in [0.1, 0.15) is 174 Å². The number of rotatable bonds is 42. The minimum atomic E-state index is 0.153. The quantitative estimate of drug-likeness (QED) is 0.0464. The molecule has 0 aliphatic rings. The summed E-state index contributed by atoms with van der Waals surface area (Å²) in [7, 11) is 3.55. The van der Waals surface area contributed by atoms with Crippen LogP contribution in [0.3, 0.4) is 0 Å². The van der Waals surface area contributed by atoms with Gasteiger partial charge in [0.25, 0.3) is 0 Å². The van der Waals surface area contributed by atoms with Gasteiger partial charge in [0.15, 0.2) is 0 Å². The lowest BCUT2D eigenvalue weighted by atomic mass is 10.1. The van der Waals surface area contributed by atoms with Crippen molar-refractivity contribution in [3.63, 3.8) is 0 Å². The molecule has 1 unspecified atom stereocenters. The third kappa shape index (κ3) is 41.4. The zero-order chi connectivity index (χ0) is 37.0. The zero-order valence-electron chi connectivity index (χ0n) is 34.6. The largest absolute Gasteiger partial charge is 0.383 e. The Labute approximate surface area is 319 Å². The minimum Gasteiger partial charge on any atom is -0.383 e. The van der Waals surface area contributed by atoms with Crippen LogP contribution in [0.4, 0.5) is 0 Å². The number of allylic oxidation sites excluding steroid dienone is 8. The van der Waals surface area contributed by atoms with Gasteiger partial charge in [0.05, 0.1) is 25.9 Å². The van der Waals surface area contributed by atoms with Gasteiger partial charge in [-0.1, -0.05) is 140 Å². The highest BCUT2D eigenvalue weighted by Crippen LogP contribution is 2.12. The summed E-state index contributed by atoms with van der Waals surface area (Å²) in [5.74, 6) is 0. The van der Waals surface area contributed by atoms with Gasteiger partial charge in [0.2, 0.25) is 0 Å². The first-order valence-corrected chi connectivity index (χ1v) is 21.8. The van der Waals surface area contributed by atoms with Gasteiger partial charge in [-0.25, -0.2) is 0 Å². The van der Waals surface area contributed by atoms with E-state index in [1.807, 2.05) is 0 Å². The van der Waals surface area contributed by atoms with Gasteiger partial charge in [-0.2, -0.15) is 0 Å². The van der Waals surface area contributed by atoms with Crippen molar-refractivity contribution < 1.29 is 18.9 Å². The topological polar surface area (TPSA) is 40.2 Å². The number of methoxy groups -OCH3 is 2. The predicted molar refractivity (Wildman–Crippen MR) is 224 cm³/mol. The molecule has 5 nitrogen and oxygen atoms in total. The van der Waals surface area contributed by atoms with Gasteiger partial charge < -0.3 is 18.9 Å². The second kappa shape index (κ2) is 44.9. The highest BCUT2D eigenvalue weighted by atomic mass is 16.5. The molecule has 0 amide bonds. The molecule has 51 heavy (non-hydrogen) atoms. The predicted octanol–water partition coefficient (Wildman–Crippen LogP) is 13.0. The summed E-state index contributed by atoms with van der Waals surface area (Å²) in [4.78, 5) is 2.42. The molecular formula is C46H87NO4. The highest BCUT2D eigenvalue weighted by Gasteiger charge is 2.13. The van der Waals surface area contributed by atoms with Crippen molar-refractivity contribution in [2.24, 2.45) is 0 Å². The van der Waals surface area contributed by atoms with Crippen LogP contribution in [0.5, 0.6) is 0 Å². The summed E-state index contributed by atoms with van der Waals surface area (Å²) in [6, 6.07) is 0. The van der Waals surface area contributed by atoms with Crippen LogP contribution < -0.4 is 0 Å². The lowest BCUT2D eigenvalue weighted by molar-refractivity contribution is -0.0276. The molecule has 300 valence electrons. The van der Waals surface area contributed by atoms with E-state index in [0.717, 1.165) is 78.2 Å². The van der Waals surface area contributed by atoms with Crippen LogP contribution in [-0.4, -0.2) is 77.9 Å². The van der Waals surface area contributed by atoms with Gasteiger partial charge in [-0.15, -0.1) is 0 Å². The van der Waals surface area contributed by atoms with Crippen LogP contribution in [0.2, 0.25) is 0 Å². The van der Waals surface area contributed by atoms with E-state index in [9.17, 15) is 0 Å². The van der Waals surface area contributed by atoms with Crippen molar-refractivity contribution in [1.82, 2.24) is 4.90 Å². The normalized spacial score (nSPS) is 13.0. The molecule has 0 saturated carbocycles. The molecule has 0 aliphatic carbocycles. The zero-order valence-corrected chi connectivity index (χ0v) is 34.6. The lowest BCUT2D eigenvalue weighted by Gasteiger charge is -2.25. The second-order valence-corrected chi connectivity index (χ2v) is 14.4. The van der Waals surface area contributed by atoms with Crippen molar-refractivity contribution in [2.45, 2.75) is 180 Å². The number of hydrogen-bond donors (Lipinski definition) is 0. The van der Waals surface area contributed by atoms with Gasteiger partial charge in [-0.3, -0.25) is 4.90 Å². The Bertz CT molecular complexity index is 756. The average Bonchev–Trinajstić information content (AvgIpc) is 3.14. The van der Waals surface area contributed by atoms with Crippen LogP contribution in [0.15, 0.2) is 48.6 Å². The molecular weight excluding hydrogens is 631 g/mol. The Morgan fingerprint density at radius 3 is 1.29 bits per heavy atom. The summed E-state index contributed by atoms with van der Waals surface area (Å²) in [5, 5.41) is 0. The molecule has 0 aromatic rings. The minimum absolute atomic E-state index is 0.153. The molecule has 5 heteroatoms. The number of nitrogens with zero attached hydrogens (tertiary/aromatic N) is 1. The summed E-state index contributed by atoms with van der Waals surface area (Å²) >= 11 is 0. The van der Waals surface area contributed by atoms with Crippen molar-refractivity contribution in [2.75, 3.05) is 66.9 Å². The average molecular weight is 718 g/mol. The van der Waals surface area contributed by atoms with Crippen molar-refractivity contribution in [3.05, 3.63) is 48.6 Å². The van der Waals surface area contributed by atoms with E-state index < -0.39 is 0 Å². The van der Waals surface area contributed by atoms with Crippen LogP contribution in [-0.2, 0) is 18.9 Å². The molecule has 0 N–H and O–H groups in total. The van der Waals surface area contributed by atoms with Crippen LogP contribution in [0, 0.1) is 0 Å². The van der Waals surface area contributed by atoms with Crippen LogP contribution >= 0.6 is 0 Å². The second-order valence-electron chi connectivity index (χ2n) is 14.4. The Kier molecular flexibility index (Phi) is 43.8. The molecule has 0 aliphatic heterocycles. The van der Waals surface area contributed by atoms with E-state index >= 15 is 0 Å². The van der Waals surface area contributed by atoms with E-state index in [1.54, 1.807) is 14.2 Å². The lowest BCUT2D eigenvalue weighted by Crippen LogP contribution is -2.35. The summed E-state index contributed by atoms with van der Waals surface area (Å²) in [5.41, 5.74) is 0. The van der Waals surface area contributed by atoms with Gasteiger partial charge in [0.1, 0.15) is 0 Å². The fraction of sp³-hybridized carbons (Fsp3) is 0.826. The fourth-order valence-electron chi connectivity index (χ4n) is 6.06. The molecule has 0 saturated heterocycles. The smallest absolute Gasteiger partial charge is 0.0820 e. The van der Waals surface area contributed by atoms with Gasteiger partial charge in [0, 0.05) is 47.1 Å². The van der Waals surface area contributed by atoms with Crippen LogP contribution in [0.25, 0.3) is 0 Å². The van der Waals surface area contributed by atoms with E-state index in [-0.39, 0.29) is 6.10 Å². The Balaban J connectivity index is 4.11. The number of unbranched alkanes of at least 4 members (excludes halogenated alkanes) is 18. The highest BCUT2D eigenvalue weighted by molar-refractivity contribution is 4.93. The maximum Gasteiger partial charge on any atom is 0.0820 e. The molecule has 0 heterocycles. The maximum absolute atomic E-state index is 6.42. The SMILES string of the molecule is CCCCCC=CCC=CCCCCCCCCOCC(CCN(CCOC)CCOC)OCCCCCCCCC=CCC=CCCCCC.